The predicted molar refractivity (Wildman–Crippen MR) is 93.1 cm³/mol. The van der Waals surface area contributed by atoms with E-state index in [4.69, 9.17) is 14.5 Å². The zero-order chi connectivity index (χ0) is 16.6. The highest BCUT2D eigenvalue weighted by Gasteiger charge is 2.19. The fraction of sp³-hybridized carbons (Fsp3) is 0.474. The fourth-order valence-corrected chi connectivity index (χ4v) is 2.83. The minimum absolute atomic E-state index is 0.338. The zero-order valence-corrected chi connectivity index (χ0v) is 14.2. The summed E-state index contributed by atoms with van der Waals surface area (Å²) in [4.78, 5) is 11.4. The third-order valence-electron chi connectivity index (χ3n) is 4.17. The van der Waals surface area contributed by atoms with Gasteiger partial charge < -0.3 is 9.47 Å². The van der Waals surface area contributed by atoms with Gasteiger partial charge in [-0.3, -0.25) is 4.90 Å². The molecule has 5 nitrogen and oxygen atoms in total. The number of aromatic nitrogens is 2. The van der Waals surface area contributed by atoms with Crippen molar-refractivity contribution in [2.45, 2.75) is 25.3 Å². The van der Waals surface area contributed by atoms with Gasteiger partial charge in [0, 0.05) is 31.8 Å². The van der Waals surface area contributed by atoms with Crippen LogP contribution < -0.4 is 4.74 Å². The Kier molecular flexibility index (Phi) is 6.15. The number of likely N-dealkylation sites (N-methyl/N-ethyl adjacent to an activating group) is 1. The highest BCUT2D eigenvalue weighted by atomic mass is 16.5. The molecule has 2 aromatic rings. The molecule has 0 amide bonds. The SMILES string of the molecule is CN(CCOc1ccccc1)Cc1ccnc([C@@H]2CCCOC2)n1. The summed E-state index contributed by atoms with van der Waals surface area (Å²) in [5, 5.41) is 0. The van der Waals surface area contributed by atoms with E-state index in [-0.39, 0.29) is 0 Å². The molecule has 128 valence electrons. The normalized spacial score (nSPS) is 17.8. The van der Waals surface area contributed by atoms with Crippen LogP contribution in [-0.4, -0.2) is 48.3 Å². The Morgan fingerprint density at radius 3 is 2.92 bits per heavy atom. The molecule has 0 saturated carbocycles. The third kappa shape index (κ3) is 5.01. The van der Waals surface area contributed by atoms with Crippen molar-refractivity contribution in [3.8, 4) is 5.75 Å². The first-order chi connectivity index (χ1) is 11.8. The lowest BCUT2D eigenvalue weighted by Crippen LogP contribution is -2.25. The van der Waals surface area contributed by atoms with Crippen LogP contribution in [0.15, 0.2) is 42.6 Å². The van der Waals surface area contributed by atoms with Gasteiger partial charge in [-0.15, -0.1) is 0 Å². The van der Waals surface area contributed by atoms with Gasteiger partial charge in [0.25, 0.3) is 0 Å². The first kappa shape index (κ1) is 16.9. The van der Waals surface area contributed by atoms with Crippen LogP contribution in [0.3, 0.4) is 0 Å². The molecule has 5 heteroatoms. The highest BCUT2D eigenvalue weighted by Crippen LogP contribution is 2.22. The molecule has 1 aromatic heterocycles. The van der Waals surface area contributed by atoms with Crippen LogP contribution in [0.5, 0.6) is 5.75 Å². The second kappa shape index (κ2) is 8.76. The lowest BCUT2D eigenvalue weighted by atomic mass is 10.0. The summed E-state index contributed by atoms with van der Waals surface area (Å²) in [6, 6.07) is 11.9. The molecule has 24 heavy (non-hydrogen) atoms. The van der Waals surface area contributed by atoms with Gasteiger partial charge in [0.15, 0.2) is 0 Å². The Hall–Kier alpha value is -1.98. The Morgan fingerprint density at radius 1 is 1.25 bits per heavy atom. The number of rotatable bonds is 7. The van der Waals surface area contributed by atoms with E-state index < -0.39 is 0 Å². The van der Waals surface area contributed by atoms with E-state index in [1.807, 2.05) is 42.6 Å². The van der Waals surface area contributed by atoms with Crippen molar-refractivity contribution in [2.75, 3.05) is 33.4 Å². The summed E-state index contributed by atoms with van der Waals surface area (Å²) in [5.41, 5.74) is 1.05. The molecule has 0 N–H and O–H groups in total. The van der Waals surface area contributed by atoms with E-state index in [1.54, 1.807) is 0 Å². The predicted octanol–water partition coefficient (Wildman–Crippen LogP) is 2.88. The lowest BCUT2D eigenvalue weighted by molar-refractivity contribution is 0.0779. The van der Waals surface area contributed by atoms with Crippen molar-refractivity contribution in [1.29, 1.82) is 0 Å². The third-order valence-corrected chi connectivity index (χ3v) is 4.17. The molecule has 3 rings (SSSR count). The largest absolute Gasteiger partial charge is 0.492 e. The van der Waals surface area contributed by atoms with Crippen LogP contribution in [-0.2, 0) is 11.3 Å². The van der Waals surface area contributed by atoms with Crippen LogP contribution >= 0.6 is 0 Å². The van der Waals surface area contributed by atoms with Crippen LogP contribution in [0.25, 0.3) is 0 Å². The van der Waals surface area contributed by atoms with Gasteiger partial charge in [-0.2, -0.15) is 0 Å². The maximum atomic E-state index is 5.74. The number of para-hydroxylation sites is 1. The zero-order valence-electron chi connectivity index (χ0n) is 14.2. The van der Waals surface area contributed by atoms with E-state index in [0.717, 1.165) is 56.4 Å². The number of benzene rings is 1. The molecule has 1 aliphatic rings. The fourth-order valence-electron chi connectivity index (χ4n) is 2.83. The Morgan fingerprint density at radius 2 is 2.12 bits per heavy atom. The number of hydrogen-bond donors (Lipinski definition) is 0. The van der Waals surface area contributed by atoms with Crippen LogP contribution in [0.1, 0.15) is 30.3 Å². The van der Waals surface area contributed by atoms with Crippen LogP contribution in [0.4, 0.5) is 0 Å². The van der Waals surface area contributed by atoms with E-state index in [9.17, 15) is 0 Å². The molecular weight excluding hydrogens is 302 g/mol. The van der Waals surface area contributed by atoms with Gasteiger partial charge in [0.2, 0.25) is 0 Å². The van der Waals surface area contributed by atoms with Crippen LogP contribution in [0, 0.1) is 0 Å². The molecule has 1 atom stereocenters. The average molecular weight is 327 g/mol. The minimum atomic E-state index is 0.338. The topological polar surface area (TPSA) is 47.5 Å². The van der Waals surface area contributed by atoms with Crippen LogP contribution in [0.2, 0.25) is 0 Å². The summed E-state index contributed by atoms with van der Waals surface area (Å²) in [6.07, 6.45) is 4.07. The van der Waals surface area contributed by atoms with Gasteiger partial charge in [-0.1, -0.05) is 18.2 Å². The molecule has 2 heterocycles. The van der Waals surface area contributed by atoms with Gasteiger partial charge in [-0.05, 0) is 38.1 Å². The lowest BCUT2D eigenvalue weighted by Gasteiger charge is -2.21. The molecule has 1 aromatic carbocycles. The van der Waals surface area contributed by atoms with E-state index >= 15 is 0 Å². The molecule has 0 bridgehead atoms. The molecule has 0 spiro atoms. The Balaban J connectivity index is 1.48. The van der Waals surface area contributed by atoms with Crippen molar-refractivity contribution >= 4 is 0 Å². The first-order valence-electron chi connectivity index (χ1n) is 8.57. The van der Waals surface area contributed by atoms with Gasteiger partial charge in [-0.25, -0.2) is 9.97 Å². The van der Waals surface area contributed by atoms with Crippen molar-refractivity contribution in [1.82, 2.24) is 14.9 Å². The highest BCUT2D eigenvalue weighted by molar-refractivity contribution is 5.20. The Bertz CT molecular complexity index is 615. The maximum absolute atomic E-state index is 5.74. The maximum Gasteiger partial charge on any atom is 0.133 e. The van der Waals surface area contributed by atoms with Gasteiger partial charge >= 0.3 is 0 Å². The standard InChI is InChI=1S/C19H25N3O2/c1-22(11-13-24-18-7-3-2-4-8-18)14-17-9-10-20-19(21-17)16-6-5-12-23-15-16/h2-4,7-10,16H,5-6,11-15H2,1H3/t16-/m1/s1. The van der Waals surface area contributed by atoms with Crippen molar-refractivity contribution < 1.29 is 9.47 Å². The smallest absolute Gasteiger partial charge is 0.133 e. The summed E-state index contributed by atoms with van der Waals surface area (Å²) < 4.78 is 11.3. The summed E-state index contributed by atoms with van der Waals surface area (Å²) in [7, 11) is 2.08. The quantitative estimate of drug-likeness (QED) is 0.782. The van der Waals surface area contributed by atoms with Crippen molar-refractivity contribution in [3.05, 3.63) is 54.1 Å². The van der Waals surface area contributed by atoms with Gasteiger partial charge in [0.05, 0.1) is 12.3 Å². The molecule has 1 aliphatic heterocycles. The van der Waals surface area contributed by atoms with E-state index in [0.29, 0.717) is 12.5 Å². The minimum Gasteiger partial charge on any atom is -0.492 e. The van der Waals surface area contributed by atoms with E-state index in [2.05, 4.69) is 16.9 Å². The first-order valence-corrected chi connectivity index (χ1v) is 8.57. The molecule has 1 fully saturated rings. The molecular formula is C19H25N3O2. The van der Waals surface area contributed by atoms with Gasteiger partial charge in [0.1, 0.15) is 18.2 Å². The number of ether oxygens (including phenoxy) is 2. The van der Waals surface area contributed by atoms with E-state index in [1.165, 1.54) is 0 Å². The average Bonchev–Trinajstić information content (AvgIpc) is 2.63. The molecule has 0 unspecified atom stereocenters. The Labute approximate surface area is 143 Å². The number of hydrogen-bond acceptors (Lipinski definition) is 5. The molecule has 1 saturated heterocycles. The molecule has 0 radical (unpaired) electrons. The summed E-state index contributed by atoms with van der Waals surface area (Å²) >= 11 is 0. The number of nitrogens with zero attached hydrogens (tertiary/aromatic N) is 3. The van der Waals surface area contributed by atoms with Crippen molar-refractivity contribution in [3.63, 3.8) is 0 Å². The monoisotopic (exact) mass is 327 g/mol. The molecule has 0 aliphatic carbocycles. The second-order valence-corrected chi connectivity index (χ2v) is 6.22. The summed E-state index contributed by atoms with van der Waals surface area (Å²) in [5.74, 6) is 2.17. The second-order valence-electron chi connectivity index (χ2n) is 6.22. The summed E-state index contributed by atoms with van der Waals surface area (Å²) in [6.45, 7) is 3.90. The van der Waals surface area contributed by atoms with Crippen molar-refractivity contribution in [2.24, 2.45) is 0 Å².